The van der Waals surface area contributed by atoms with Crippen LogP contribution >= 0.6 is 11.8 Å². The van der Waals surface area contributed by atoms with Gasteiger partial charge in [-0.2, -0.15) is 0 Å². The number of nitrogens with one attached hydrogen (secondary N) is 1. The molecule has 0 bridgehead atoms. The zero-order chi connectivity index (χ0) is 14.6. The highest BCUT2D eigenvalue weighted by atomic mass is 32.2. The van der Waals surface area contributed by atoms with E-state index < -0.39 is 0 Å². The Morgan fingerprint density at radius 1 is 1.05 bits per heavy atom. The summed E-state index contributed by atoms with van der Waals surface area (Å²) in [5.74, 6) is 0. The Bertz CT molecular complexity index is 541. The van der Waals surface area contributed by atoms with Gasteiger partial charge in [0.1, 0.15) is 0 Å². The molecule has 20 heavy (non-hydrogen) atoms. The summed E-state index contributed by atoms with van der Waals surface area (Å²) in [4.78, 5) is 9.98. The molecule has 0 aliphatic rings. The number of aryl methyl sites for hydroxylation is 1. The Kier molecular flexibility index (Phi) is 4.78. The Morgan fingerprint density at radius 3 is 2.20 bits per heavy atom. The van der Waals surface area contributed by atoms with Crippen LogP contribution in [-0.2, 0) is 6.54 Å². The van der Waals surface area contributed by atoms with E-state index in [1.165, 1.54) is 5.56 Å². The number of aromatic nitrogens is 2. The van der Waals surface area contributed by atoms with Gasteiger partial charge in [-0.05, 0) is 51.6 Å². The molecule has 0 saturated carbocycles. The fraction of sp³-hybridized carbons (Fsp3) is 0.375. The molecule has 1 aromatic carbocycles. The fourth-order valence-corrected chi connectivity index (χ4v) is 2.26. The summed E-state index contributed by atoms with van der Waals surface area (Å²) < 4.78 is 0. The van der Waals surface area contributed by atoms with Gasteiger partial charge in [0.25, 0.3) is 0 Å². The minimum Gasteiger partial charge on any atom is -0.308 e. The molecule has 0 aliphatic heterocycles. The monoisotopic (exact) mass is 287 g/mol. The number of hydrogen-bond donors (Lipinski definition) is 1. The van der Waals surface area contributed by atoms with E-state index in [9.17, 15) is 0 Å². The Hall–Kier alpha value is -1.39. The zero-order valence-corrected chi connectivity index (χ0v) is 13.3. The van der Waals surface area contributed by atoms with Gasteiger partial charge in [-0.3, -0.25) is 0 Å². The molecule has 1 aromatic heterocycles. The topological polar surface area (TPSA) is 37.8 Å². The van der Waals surface area contributed by atoms with Crippen molar-refractivity contribution in [2.24, 2.45) is 0 Å². The molecule has 0 spiro atoms. The van der Waals surface area contributed by atoms with Gasteiger partial charge >= 0.3 is 0 Å². The predicted octanol–water partition coefficient (Wildman–Crippen LogP) is 3.82. The first-order chi connectivity index (χ1) is 9.42. The van der Waals surface area contributed by atoms with Crippen molar-refractivity contribution in [1.29, 1.82) is 0 Å². The molecular formula is C16H21N3S. The largest absolute Gasteiger partial charge is 0.308 e. The summed E-state index contributed by atoms with van der Waals surface area (Å²) in [7, 11) is 0. The zero-order valence-electron chi connectivity index (χ0n) is 12.5. The van der Waals surface area contributed by atoms with E-state index in [0.29, 0.717) is 0 Å². The highest BCUT2D eigenvalue weighted by Gasteiger charge is 2.08. The molecule has 0 aliphatic carbocycles. The van der Waals surface area contributed by atoms with E-state index in [4.69, 9.17) is 0 Å². The molecule has 0 saturated heterocycles. The summed E-state index contributed by atoms with van der Waals surface area (Å²) in [6, 6.07) is 8.39. The van der Waals surface area contributed by atoms with E-state index in [1.807, 2.05) is 12.4 Å². The summed E-state index contributed by atoms with van der Waals surface area (Å²) in [6.07, 6.45) is 3.78. The average molecular weight is 287 g/mol. The van der Waals surface area contributed by atoms with Crippen molar-refractivity contribution in [1.82, 2.24) is 15.3 Å². The molecule has 4 heteroatoms. The molecule has 0 atom stereocenters. The van der Waals surface area contributed by atoms with Crippen molar-refractivity contribution in [2.45, 2.75) is 49.8 Å². The third-order valence-electron chi connectivity index (χ3n) is 2.73. The molecule has 0 unspecified atom stereocenters. The summed E-state index contributed by atoms with van der Waals surface area (Å²) in [5, 5.41) is 4.21. The average Bonchev–Trinajstić information content (AvgIpc) is 2.40. The number of benzene rings is 1. The van der Waals surface area contributed by atoms with Gasteiger partial charge < -0.3 is 5.32 Å². The first-order valence-corrected chi connectivity index (χ1v) is 7.54. The second-order valence-electron chi connectivity index (χ2n) is 5.89. The standard InChI is InChI=1S/C16H21N3S/c1-12-5-7-14(8-6-12)20-15-17-9-13(10-18-15)11-19-16(2,3)4/h5-10,19H,11H2,1-4H3. The van der Waals surface area contributed by atoms with Gasteiger partial charge in [0.15, 0.2) is 5.16 Å². The molecule has 0 fully saturated rings. The van der Waals surface area contributed by atoms with Gasteiger partial charge in [0.05, 0.1) is 0 Å². The third kappa shape index (κ3) is 4.94. The maximum Gasteiger partial charge on any atom is 0.192 e. The normalized spacial score (nSPS) is 11.6. The van der Waals surface area contributed by atoms with Crippen LogP contribution < -0.4 is 5.32 Å². The number of hydrogen-bond acceptors (Lipinski definition) is 4. The molecule has 1 N–H and O–H groups in total. The quantitative estimate of drug-likeness (QED) is 0.867. The van der Waals surface area contributed by atoms with E-state index in [-0.39, 0.29) is 5.54 Å². The van der Waals surface area contributed by atoms with Gasteiger partial charge in [-0.1, -0.05) is 17.7 Å². The predicted molar refractivity (Wildman–Crippen MR) is 83.9 cm³/mol. The van der Waals surface area contributed by atoms with Crippen LogP contribution in [0.4, 0.5) is 0 Å². The third-order valence-corrected chi connectivity index (χ3v) is 3.64. The van der Waals surface area contributed by atoms with Gasteiger partial charge in [-0.15, -0.1) is 0 Å². The van der Waals surface area contributed by atoms with Crippen LogP contribution in [0.5, 0.6) is 0 Å². The van der Waals surface area contributed by atoms with Crippen LogP contribution in [0, 0.1) is 6.92 Å². The van der Waals surface area contributed by atoms with Crippen molar-refractivity contribution in [3.63, 3.8) is 0 Å². The Labute approximate surface area is 125 Å². The minimum atomic E-state index is 0.106. The van der Waals surface area contributed by atoms with E-state index >= 15 is 0 Å². The van der Waals surface area contributed by atoms with Crippen molar-refractivity contribution < 1.29 is 0 Å². The summed E-state index contributed by atoms with van der Waals surface area (Å²) in [6.45, 7) is 9.32. The lowest BCUT2D eigenvalue weighted by Gasteiger charge is -2.20. The molecule has 2 aromatic rings. The maximum absolute atomic E-state index is 4.41. The van der Waals surface area contributed by atoms with E-state index in [1.54, 1.807) is 11.8 Å². The van der Waals surface area contributed by atoms with E-state index in [0.717, 1.165) is 22.2 Å². The second kappa shape index (κ2) is 6.37. The van der Waals surface area contributed by atoms with Crippen LogP contribution in [0.25, 0.3) is 0 Å². The lowest BCUT2D eigenvalue weighted by molar-refractivity contribution is 0.423. The SMILES string of the molecule is Cc1ccc(Sc2ncc(CNC(C)(C)C)cn2)cc1. The summed E-state index contributed by atoms with van der Waals surface area (Å²) >= 11 is 1.59. The maximum atomic E-state index is 4.41. The molecule has 1 heterocycles. The van der Waals surface area contributed by atoms with Crippen LogP contribution in [0.1, 0.15) is 31.9 Å². The van der Waals surface area contributed by atoms with Crippen LogP contribution in [0.3, 0.4) is 0 Å². The highest BCUT2D eigenvalue weighted by molar-refractivity contribution is 7.99. The first-order valence-electron chi connectivity index (χ1n) is 6.73. The van der Waals surface area contributed by atoms with Crippen molar-refractivity contribution >= 4 is 11.8 Å². The highest BCUT2D eigenvalue weighted by Crippen LogP contribution is 2.24. The molecule has 3 nitrogen and oxygen atoms in total. The molecule has 2 rings (SSSR count). The molecule has 0 radical (unpaired) electrons. The first kappa shape index (κ1) is 15.0. The molecular weight excluding hydrogens is 266 g/mol. The van der Waals surface area contributed by atoms with Gasteiger partial charge in [-0.25, -0.2) is 9.97 Å². The van der Waals surface area contributed by atoms with Crippen molar-refractivity contribution in [3.8, 4) is 0 Å². The molecule has 106 valence electrons. The van der Waals surface area contributed by atoms with Crippen LogP contribution in [0.2, 0.25) is 0 Å². The number of nitrogens with zero attached hydrogens (tertiary/aromatic N) is 2. The van der Waals surface area contributed by atoms with E-state index in [2.05, 4.69) is 67.2 Å². The number of rotatable bonds is 4. The van der Waals surface area contributed by atoms with Gasteiger partial charge in [0, 0.05) is 34.9 Å². The van der Waals surface area contributed by atoms with Crippen LogP contribution in [0.15, 0.2) is 46.7 Å². The van der Waals surface area contributed by atoms with Gasteiger partial charge in [0.2, 0.25) is 0 Å². The van der Waals surface area contributed by atoms with Crippen molar-refractivity contribution in [3.05, 3.63) is 47.8 Å². The smallest absolute Gasteiger partial charge is 0.192 e. The lowest BCUT2D eigenvalue weighted by Crippen LogP contribution is -2.35. The van der Waals surface area contributed by atoms with Crippen molar-refractivity contribution in [2.75, 3.05) is 0 Å². The summed E-state index contributed by atoms with van der Waals surface area (Å²) in [5.41, 5.74) is 2.47. The fourth-order valence-electron chi connectivity index (χ4n) is 1.57. The molecule has 0 amide bonds. The lowest BCUT2D eigenvalue weighted by atomic mass is 10.1. The van der Waals surface area contributed by atoms with Crippen LogP contribution in [-0.4, -0.2) is 15.5 Å². The minimum absolute atomic E-state index is 0.106. The Morgan fingerprint density at radius 2 is 1.65 bits per heavy atom. The Balaban J connectivity index is 1.96. The second-order valence-corrected chi connectivity index (χ2v) is 6.93.